The van der Waals surface area contributed by atoms with Crippen LogP contribution in [0, 0.1) is 11.8 Å². The first-order valence-electron chi connectivity index (χ1n) is 8.19. The zero-order valence-corrected chi connectivity index (χ0v) is 15.1. The molecular weight excluding hydrogens is 332 g/mol. The maximum absolute atomic E-state index is 12.4. The first kappa shape index (κ1) is 16.9. The van der Waals surface area contributed by atoms with Gasteiger partial charge in [0.15, 0.2) is 0 Å². The van der Waals surface area contributed by atoms with Crippen LogP contribution in [0.25, 0.3) is 0 Å². The highest BCUT2D eigenvalue weighted by Crippen LogP contribution is 2.32. The van der Waals surface area contributed by atoms with Crippen LogP contribution in [0.1, 0.15) is 24.1 Å². The molecule has 0 bridgehead atoms. The second-order valence-corrected chi connectivity index (χ2v) is 9.66. The highest BCUT2D eigenvalue weighted by atomic mass is 32.2. The summed E-state index contributed by atoms with van der Waals surface area (Å²) < 4.78 is 24.7. The van der Waals surface area contributed by atoms with E-state index in [0.717, 1.165) is 37.2 Å². The number of thiophene rings is 1. The smallest absolute Gasteiger partial charge is 0.227 e. The Morgan fingerprint density at radius 1 is 1.22 bits per heavy atom. The van der Waals surface area contributed by atoms with Gasteiger partial charge in [0, 0.05) is 31.1 Å². The molecule has 2 aliphatic heterocycles. The van der Waals surface area contributed by atoms with Gasteiger partial charge in [-0.05, 0) is 42.5 Å². The van der Waals surface area contributed by atoms with E-state index in [2.05, 4.69) is 0 Å². The molecule has 0 spiro atoms. The number of hydrogen-bond acceptors (Lipinski definition) is 4. The molecule has 0 aromatic carbocycles. The SMILES string of the molecule is CS(=O)(=O)N1CCC(C2CCN(C(=O)Cc3cccs3)C2)CC1. The Labute approximate surface area is 142 Å². The van der Waals surface area contributed by atoms with Gasteiger partial charge in [0.25, 0.3) is 0 Å². The second kappa shape index (κ2) is 6.91. The van der Waals surface area contributed by atoms with Gasteiger partial charge in [0.05, 0.1) is 12.7 Å². The summed E-state index contributed by atoms with van der Waals surface area (Å²) in [5.41, 5.74) is 0. The highest BCUT2D eigenvalue weighted by molar-refractivity contribution is 7.88. The van der Waals surface area contributed by atoms with E-state index < -0.39 is 10.0 Å². The molecule has 1 atom stereocenters. The molecule has 1 unspecified atom stereocenters. The van der Waals surface area contributed by atoms with Crippen molar-refractivity contribution in [3.63, 3.8) is 0 Å². The van der Waals surface area contributed by atoms with Gasteiger partial charge in [-0.3, -0.25) is 4.79 Å². The Bertz CT molecular complexity index is 634. The van der Waals surface area contributed by atoms with Gasteiger partial charge in [-0.1, -0.05) is 6.07 Å². The first-order chi connectivity index (χ1) is 10.9. The largest absolute Gasteiger partial charge is 0.342 e. The summed E-state index contributed by atoms with van der Waals surface area (Å²) in [6.45, 7) is 2.95. The molecule has 0 radical (unpaired) electrons. The quantitative estimate of drug-likeness (QED) is 0.827. The molecule has 0 saturated carbocycles. The molecular formula is C16H24N2O3S2. The van der Waals surface area contributed by atoms with E-state index in [0.29, 0.717) is 31.3 Å². The van der Waals surface area contributed by atoms with Crippen molar-refractivity contribution in [2.45, 2.75) is 25.7 Å². The van der Waals surface area contributed by atoms with Gasteiger partial charge in [-0.25, -0.2) is 12.7 Å². The van der Waals surface area contributed by atoms with Crippen molar-refractivity contribution in [3.05, 3.63) is 22.4 Å². The van der Waals surface area contributed by atoms with Crippen molar-refractivity contribution < 1.29 is 13.2 Å². The lowest BCUT2D eigenvalue weighted by molar-refractivity contribution is -0.129. The summed E-state index contributed by atoms with van der Waals surface area (Å²) in [6.07, 6.45) is 4.69. The lowest BCUT2D eigenvalue weighted by Crippen LogP contribution is -2.40. The standard InChI is InChI=1S/C16H24N2O3S2/c1-23(20,21)18-8-5-13(6-9-18)14-4-7-17(12-14)16(19)11-15-3-2-10-22-15/h2-3,10,13-14H,4-9,11-12H2,1H3. The molecule has 0 N–H and O–H groups in total. The zero-order valence-electron chi connectivity index (χ0n) is 13.5. The molecule has 7 heteroatoms. The predicted molar refractivity (Wildman–Crippen MR) is 91.9 cm³/mol. The lowest BCUT2D eigenvalue weighted by Gasteiger charge is -2.33. The van der Waals surface area contributed by atoms with Crippen LogP contribution in [-0.2, 0) is 21.2 Å². The van der Waals surface area contributed by atoms with Crippen LogP contribution >= 0.6 is 11.3 Å². The number of rotatable bonds is 4. The maximum Gasteiger partial charge on any atom is 0.227 e. The number of sulfonamides is 1. The van der Waals surface area contributed by atoms with Gasteiger partial charge >= 0.3 is 0 Å². The minimum Gasteiger partial charge on any atom is -0.342 e. The van der Waals surface area contributed by atoms with Gasteiger partial charge in [-0.15, -0.1) is 11.3 Å². The molecule has 3 rings (SSSR count). The van der Waals surface area contributed by atoms with Crippen molar-refractivity contribution in [2.75, 3.05) is 32.4 Å². The molecule has 1 amide bonds. The highest BCUT2D eigenvalue weighted by Gasteiger charge is 2.35. The van der Waals surface area contributed by atoms with Crippen LogP contribution < -0.4 is 0 Å². The van der Waals surface area contributed by atoms with Gasteiger partial charge < -0.3 is 4.90 Å². The number of carbonyl (C=O) groups excluding carboxylic acids is 1. The fourth-order valence-corrected chi connectivity index (χ4v) is 5.32. The van der Waals surface area contributed by atoms with Crippen LogP contribution in [0.4, 0.5) is 0 Å². The summed E-state index contributed by atoms with van der Waals surface area (Å²) in [4.78, 5) is 15.5. The van der Waals surface area contributed by atoms with Crippen LogP contribution in [0.5, 0.6) is 0 Å². The van der Waals surface area contributed by atoms with Crippen molar-refractivity contribution in [1.82, 2.24) is 9.21 Å². The molecule has 0 aliphatic carbocycles. The Kier molecular flexibility index (Phi) is 5.08. The van der Waals surface area contributed by atoms with E-state index in [1.54, 1.807) is 15.6 Å². The lowest BCUT2D eigenvalue weighted by atomic mass is 9.84. The molecule has 2 saturated heterocycles. The number of likely N-dealkylation sites (tertiary alicyclic amines) is 1. The van der Waals surface area contributed by atoms with E-state index >= 15 is 0 Å². The van der Waals surface area contributed by atoms with E-state index in [1.807, 2.05) is 22.4 Å². The van der Waals surface area contributed by atoms with Crippen LogP contribution in [0.15, 0.2) is 17.5 Å². The Morgan fingerprint density at radius 3 is 2.52 bits per heavy atom. The summed E-state index contributed by atoms with van der Waals surface area (Å²) in [5.74, 6) is 1.31. The summed E-state index contributed by atoms with van der Waals surface area (Å²) in [5, 5.41) is 2.00. The normalized spacial score (nSPS) is 24.2. The molecule has 3 heterocycles. The predicted octanol–water partition coefficient (Wildman–Crippen LogP) is 1.81. The van der Waals surface area contributed by atoms with E-state index in [-0.39, 0.29) is 5.91 Å². The van der Waals surface area contributed by atoms with Crippen molar-refractivity contribution in [2.24, 2.45) is 11.8 Å². The van der Waals surface area contributed by atoms with Crippen molar-refractivity contribution >= 4 is 27.3 Å². The number of carbonyl (C=O) groups is 1. The first-order valence-corrected chi connectivity index (χ1v) is 10.9. The maximum atomic E-state index is 12.4. The van der Waals surface area contributed by atoms with Gasteiger partial charge in [0.2, 0.25) is 15.9 Å². The third-order valence-electron chi connectivity index (χ3n) is 5.12. The minimum atomic E-state index is -3.06. The zero-order chi connectivity index (χ0) is 16.4. The van der Waals surface area contributed by atoms with Crippen molar-refractivity contribution in [3.8, 4) is 0 Å². The van der Waals surface area contributed by atoms with E-state index in [1.165, 1.54) is 6.26 Å². The summed E-state index contributed by atoms with van der Waals surface area (Å²) >= 11 is 1.63. The van der Waals surface area contributed by atoms with Crippen LogP contribution in [0.2, 0.25) is 0 Å². The molecule has 2 fully saturated rings. The fourth-order valence-electron chi connectivity index (χ4n) is 3.75. The number of piperidine rings is 1. The third kappa shape index (κ3) is 4.14. The fraction of sp³-hybridized carbons (Fsp3) is 0.688. The average molecular weight is 357 g/mol. The van der Waals surface area contributed by atoms with E-state index in [9.17, 15) is 13.2 Å². The summed E-state index contributed by atoms with van der Waals surface area (Å²) in [6, 6.07) is 3.99. The number of amides is 1. The number of hydrogen-bond donors (Lipinski definition) is 0. The minimum absolute atomic E-state index is 0.225. The molecule has 2 aliphatic rings. The average Bonchev–Trinajstić information content (AvgIpc) is 3.17. The van der Waals surface area contributed by atoms with Crippen LogP contribution in [0.3, 0.4) is 0 Å². The molecule has 1 aromatic heterocycles. The Hall–Kier alpha value is -0.920. The third-order valence-corrected chi connectivity index (χ3v) is 7.30. The van der Waals surface area contributed by atoms with Crippen LogP contribution in [-0.4, -0.2) is 56.0 Å². The molecule has 23 heavy (non-hydrogen) atoms. The van der Waals surface area contributed by atoms with E-state index in [4.69, 9.17) is 0 Å². The molecule has 5 nitrogen and oxygen atoms in total. The number of nitrogens with zero attached hydrogens (tertiary/aromatic N) is 2. The summed E-state index contributed by atoms with van der Waals surface area (Å²) in [7, 11) is -3.06. The monoisotopic (exact) mass is 356 g/mol. The Balaban J connectivity index is 1.49. The molecule has 128 valence electrons. The second-order valence-electron chi connectivity index (χ2n) is 6.64. The topological polar surface area (TPSA) is 57.7 Å². The van der Waals surface area contributed by atoms with Gasteiger partial charge in [-0.2, -0.15) is 0 Å². The Morgan fingerprint density at radius 2 is 1.91 bits per heavy atom. The molecule has 1 aromatic rings. The van der Waals surface area contributed by atoms with Gasteiger partial charge in [0.1, 0.15) is 0 Å². The van der Waals surface area contributed by atoms with Crippen molar-refractivity contribution in [1.29, 1.82) is 0 Å².